The lowest BCUT2D eigenvalue weighted by Crippen LogP contribution is -2.27. The van der Waals surface area contributed by atoms with Crippen LogP contribution in [0.1, 0.15) is 39.4 Å². The third-order valence-corrected chi connectivity index (χ3v) is 4.03. The lowest BCUT2D eigenvalue weighted by Gasteiger charge is -2.15. The maximum atomic E-state index is 12.3. The largest absolute Gasteiger partial charge is 0.364 e. The summed E-state index contributed by atoms with van der Waals surface area (Å²) in [5.41, 5.74) is 8.72. The Morgan fingerprint density at radius 1 is 1.00 bits per heavy atom. The molecular weight excluding hydrogens is 328 g/mol. The first kappa shape index (κ1) is 17.3. The van der Waals surface area contributed by atoms with Crippen LogP contribution in [0.4, 0.5) is 0 Å². The summed E-state index contributed by atoms with van der Waals surface area (Å²) >= 11 is 0. The number of carbonyl (C=O) groups excluding carboxylic acids is 2. The van der Waals surface area contributed by atoms with E-state index in [0.29, 0.717) is 5.56 Å². The highest BCUT2D eigenvalue weighted by atomic mass is 16.2. The van der Waals surface area contributed by atoms with Crippen LogP contribution in [0.25, 0.3) is 11.1 Å². The van der Waals surface area contributed by atoms with Gasteiger partial charge in [-0.05, 0) is 41.8 Å². The third kappa shape index (κ3) is 3.92. The highest BCUT2D eigenvalue weighted by molar-refractivity contribution is 5.95. The molecule has 2 amide bonds. The van der Waals surface area contributed by atoms with Gasteiger partial charge in [-0.25, -0.2) is 0 Å². The molecule has 3 N–H and O–H groups in total. The second-order valence-electron chi connectivity index (χ2n) is 5.86. The first-order valence-corrected chi connectivity index (χ1v) is 8.11. The van der Waals surface area contributed by atoms with Crippen molar-refractivity contribution >= 4 is 11.8 Å². The second kappa shape index (κ2) is 7.57. The van der Waals surface area contributed by atoms with Gasteiger partial charge in [-0.3, -0.25) is 19.6 Å². The highest BCUT2D eigenvalue weighted by Gasteiger charge is 2.13. The Kier molecular flexibility index (Phi) is 5.03. The van der Waals surface area contributed by atoms with Crippen molar-refractivity contribution in [2.45, 2.75) is 13.0 Å². The van der Waals surface area contributed by atoms with Crippen molar-refractivity contribution in [1.82, 2.24) is 15.3 Å². The maximum absolute atomic E-state index is 12.3. The van der Waals surface area contributed by atoms with Crippen LogP contribution in [0.3, 0.4) is 0 Å². The molecule has 6 nitrogen and oxygen atoms in total. The molecule has 0 aliphatic rings. The fourth-order valence-electron chi connectivity index (χ4n) is 2.54. The Morgan fingerprint density at radius 3 is 2.35 bits per heavy atom. The molecule has 1 unspecified atom stereocenters. The summed E-state index contributed by atoms with van der Waals surface area (Å²) in [6, 6.07) is 14.6. The van der Waals surface area contributed by atoms with Crippen LogP contribution in [-0.2, 0) is 0 Å². The molecule has 2 heterocycles. The van der Waals surface area contributed by atoms with E-state index < -0.39 is 5.91 Å². The predicted octanol–water partition coefficient (Wildman–Crippen LogP) is 2.73. The molecule has 0 aliphatic heterocycles. The zero-order valence-corrected chi connectivity index (χ0v) is 14.2. The average Bonchev–Trinajstić information content (AvgIpc) is 2.68. The van der Waals surface area contributed by atoms with Crippen LogP contribution in [0.15, 0.2) is 67.1 Å². The lowest BCUT2D eigenvalue weighted by atomic mass is 10.0. The van der Waals surface area contributed by atoms with Gasteiger partial charge in [0.2, 0.25) is 0 Å². The van der Waals surface area contributed by atoms with E-state index in [2.05, 4.69) is 15.3 Å². The van der Waals surface area contributed by atoms with Crippen LogP contribution in [-0.4, -0.2) is 21.8 Å². The van der Waals surface area contributed by atoms with E-state index in [1.165, 1.54) is 18.3 Å². The summed E-state index contributed by atoms with van der Waals surface area (Å²) in [4.78, 5) is 31.4. The monoisotopic (exact) mass is 346 g/mol. The number of amides is 2. The molecule has 6 heteroatoms. The number of hydrogen-bond donors (Lipinski definition) is 2. The molecular formula is C20H18N4O2. The van der Waals surface area contributed by atoms with Crippen molar-refractivity contribution in [3.8, 4) is 11.1 Å². The van der Waals surface area contributed by atoms with E-state index in [-0.39, 0.29) is 17.6 Å². The number of hydrogen-bond acceptors (Lipinski definition) is 4. The zero-order valence-electron chi connectivity index (χ0n) is 14.2. The first-order valence-electron chi connectivity index (χ1n) is 8.11. The number of rotatable bonds is 5. The fourth-order valence-corrected chi connectivity index (χ4v) is 2.54. The Morgan fingerprint density at radius 2 is 1.77 bits per heavy atom. The number of primary amides is 1. The highest BCUT2D eigenvalue weighted by Crippen LogP contribution is 2.21. The zero-order chi connectivity index (χ0) is 18.5. The van der Waals surface area contributed by atoms with Gasteiger partial charge in [-0.2, -0.15) is 0 Å². The van der Waals surface area contributed by atoms with Gasteiger partial charge < -0.3 is 11.1 Å². The van der Waals surface area contributed by atoms with Crippen LogP contribution < -0.4 is 11.1 Å². The smallest absolute Gasteiger partial charge is 0.267 e. The van der Waals surface area contributed by atoms with E-state index >= 15 is 0 Å². The molecule has 26 heavy (non-hydrogen) atoms. The topological polar surface area (TPSA) is 98.0 Å². The lowest BCUT2D eigenvalue weighted by molar-refractivity contribution is 0.0936. The fraction of sp³-hybridized carbons (Fsp3) is 0.100. The van der Waals surface area contributed by atoms with Crippen molar-refractivity contribution in [3.05, 3.63) is 83.9 Å². The Balaban J connectivity index is 1.68. The molecule has 0 spiro atoms. The Labute approximate surface area is 151 Å². The summed E-state index contributed by atoms with van der Waals surface area (Å²) in [6.07, 6.45) is 4.89. The number of benzene rings is 1. The van der Waals surface area contributed by atoms with E-state index in [4.69, 9.17) is 5.73 Å². The summed E-state index contributed by atoms with van der Waals surface area (Å²) in [5.74, 6) is -0.892. The van der Waals surface area contributed by atoms with Crippen LogP contribution >= 0.6 is 0 Å². The minimum Gasteiger partial charge on any atom is -0.364 e. The predicted molar refractivity (Wildman–Crippen MR) is 98.3 cm³/mol. The van der Waals surface area contributed by atoms with Crippen LogP contribution in [0.2, 0.25) is 0 Å². The third-order valence-electron chi connectivity index (χ3n) is 4.03. The number of nitrogens with two attached hydrogens (primary N) is 1. The Hall–Kier alpha value is -3.54. The number of pyridine rings is 2. The summed E-state index contributed by atoms with van der Waals surface area (Å²) < 4.78 is 0. The van der Waals surface area contributed by atoms with Crippen molar-refractivity contribution in [3.63, 3.8) is 0 Å². The standard InChI is InChI=1S/C20H18N4O2/c1-13(24-20(26)17-8-9-18(19(21)25)23-12-17)14-4-6-15(7-5-14)16-3-2-10-22-11-16/h2-13H,1H3,(H2,21,25)(H,24,26). The van der Waals surface area contributed by atoms with Gasteiger partial charge in [-0.15, -0.1) is 0 Å². The molecule has 0 aliphatic carbocycles. The van der Waals surface area contributed by atoms with Crippen molar-refractivity contribution in [2.24, 2.45) is 5.73 Å². The normalized spacial score (nSPS) is 11.6. The Bertz CT molecular complexity index is 907. The average molecular weight is 346 g/mol. The molecule has 0 fully saturated rings. The van der Waals surface area contributed by atoms with E-state index in [9.17, 15) is 9.59 Å². The SMILES string of the molecule is CC(NC(=O)c1ccc(C(N)=O)nc1)c1ccc(-c2cccnc2)cc1. The molecule has 0 saturated carbocycles. The number of aromatic nitrogens is 2. The summed E-state index contributed by atoms with van der Waals surface area (Å²) in [5, 5.41) is 2.91. The number of carbonyl (C=O) groups is 2. The molecule has 1 atom stereocenters. The molecule has 1 aromatic carbocycles. The van der Waals surface area contributed by atoms with Crippen LogP contribution in [0.5, 0.6) is 0 Å². The maximum Gasteiger partial charge on any atom is 0.267 e. The van der Waals surface area contributed by atoms with Gasteiger partial charge in [0, 0.05) is 18.6 Å². The van der Waals surface area contributed by atoms with E-state index in [1.54, 1.807) is 6.20 Å². The summed E-state index contributed by atoms with van der Waals surface area (Å²) in [6.45, 7) is 1.90. The molecule has 3 rings (SSSR count). The van der Waals surface area contributed by atoms with Gasteiger partial charge in [-0.1, -0.05) is 30.3 Å². The minimum absolute atomic E-state index is 0.126. The van der Waals surface area contributed by atoms with E-state index in [1.807, 2.05) is 49.5 Å². The quantitative estimate of drug-likeness (QED) is 0.742. The number of nitrogens with zero attached hydrogens (tertiary/aromatic N) is 2. The van der Waals surface area contributed by atoms with Crippen LogP contribution in [0, 0.1) is 0 Å². The van der Waals surface area contributed by atoms with Gasteiger partial charge in [0.15, 0.2) is 0 Å². The molecule has 0 bridgehead atoms. The van der Waals surface area contributed by atoms with E-state index in [0.717, 1.165) is 16.7 Å². The van der Waals surface area contributed by atoms with Crippen molar-refractivity contribution < 1.29 is 9.59 Å². The van der Waals surface area contributed by atoms with Gasteiger partial charge in [0.05, 0.1) is 11.6 Å². The molecule has 0 radical (unpaired) electrons. The molecule has 0 saturated heterocycles. The molecule has 130 valence electrons. The van der Waals surface area contributed by atoms with Gasteiger partial charge in [0.25, 0.3) is 11.8 Å². The van der Waals surface area contributed by atoms with Gasteiger partial charge >= 0.3 is 0 Å². The number of nitrogens with one attached hydrogen (secondary N) is 1. The van der Waals surface area contributed by atoms with Crippen molar-refractivity contribution in [1.29, 1.82) is 0 Å². The summed E-state index contributed by atoms with van der Waals surface area (Å²) in [7, 11) is 0. The first-order chi connectivity index (χ1) is 12.5. The minimum atomic E-state index is -0.626. The molecule has 2 aromatic heterocycles. The molecule has 3 aromatic rings. The second-order valence-corrected chi connectivity index (χ2v) is 5.86. The van der Waals surface area contributed by atoms with Gasteiger partial charge in [0.1, 0.15) is 5.69 Å². The van der Waals surface area contributed by atoms with Crippen molar-refractivity contribution in [2.75, 3.05) is 0 Å².